The van der Waals surface area contributed by atoms with E-state index in [1.807, 2.05) is 6.20 Å². The largest absolute Gasteiger partial charge is 0.321 e. The topological polar surface area (TPSA) is 47.1 Å². The summed E-state index contributed by atoms with van der Waals surface area (Å²) in [6.07, 6.45) is 3.93. The van der Waals surface area contributed by atoms with Crippen LogP contribution in [0.4, 0.5) is 0 Å². The molecular weight excluding hydrogens is 328 g/mol. The smallest absolute Gasteiger partial charge is 0.0715 e. The SMILES string of the molecule is CCN(CC)C(CC)(CC)C(N)c1c(Br)cnn1C(C)C. The summed E-state index contributed by atoms with van der Waals surface area (Å²) in [5.74, 6) is 0. The predicted molar refractivity (Wildman–Crippen MR) is 93.5 cm³/mol. The van der Waals surface area contributed by atoms with Crippen LogP contribution in [0.5, 0.6) is 0 Å². The first-order valence-corrected chi connectivity index (χ1v) is 8.92. The van der Waals surface area contributed by atoms with Crippen molar-refractivity contribution in [2.24, 2.45) is 5.73 Å². The van der Waals surface area contributed by atoms with Gasteiger partial charge in [0.25, 0.3) is 0 Å². The number of halogens is 1. The lowest BCUT2D eigenvalue weighted by molar-refractivity contribution is 0.0590. The first-order valence-electron chi connectivity index (χ1n) is 8.12. The van der Waals surface area contributed by atoms with Gasteiger partial charge < -0.3 is 5.73 Å². The van der Waals surface area contributed by atoms with Crippen molar-refractivity contribution in [1.82, 2.24) is 14.7 Å². The molecule has 0 aliphatic heterocycles. The van der Waals surface area contributed by atoms with Gasteiger partial charge in [0.2, 0.25) is 0 Å². The molecule has 1 aromatic heterocycles. The monoisotopic (exact) mass is 358 g/mol. The first kappa shape index (κ1) is 18.7. The van der Waals surface area contributed by atoms with Crippen molar-refractivity contribution in [1.29, 1.82) is 0 Å². The average molecular weight is 359 g/mol. The highest BCUT2D eigenvalue weighted by Gasteiger charge is 2.41. The number of nitrogens with two attached hydrogens (primary N) is 1. The molecule has 0 bridgehead atoms. The minimum absolute atomic E-state index is 0.0291. The van der Waals surface area contributed by atoms with Crippen LogP contribution < -0.4 is 5.73 Å². The molecule has 5 heteroatoms. The van der Waals surface area contributed by atoms with Gasteiger partial charge in [0, 0.05) is 11.6 Å². The third-order valence-corrected chi connectivity index (χ3v) is 5.38. The summed E-state index contributed by atoms with van der Waals surface area (Å²) in [4.78, 5) is 2.50. The molecule has 0 aliphatic carbocycles. The molecule has 122 valence electrons. The van der Waals surface area contributed by atoms with Crippen molar-refractivity contribution in [3.63, 3.8) is 0 Å². The zero-order valence-electron chi connectivity index (χ0n) is 14.4. The Balaban J connectivity index is 3.36. The molecule has 1 atom stereocenters. The number of rotatable bonds is 8. The maximum Gasteiger partial charge on any atom is 0.0715 e. The average Bonchev–Trinajstić information content (AvgIpc) is 2.86. The maximum absolute atomic E-state index is 6.80. The summed E-state index contributed by atoms with van der Waals surface area (Å²) in [6, 6.07) is 0.243. The van der Waals surface area contributed by atoms with Gasteiger partial charge in [-0.3, -0.25) is 9.58 Å². The molecule has 4 nitrogen and oxygen atoms in total. The van der Waals surface area contributed by atoms with E-state index in [9.17, 15) is 0 Å². The van der Waals surface area contributed by atoms with Gasteiger partial charge in [-0.05, 0) is 55.7 Å². The Hall–Kier alpha value is -0.390. The number of aromatic nitrogens is 2. The minimum Gasteiger partial charge on any atom is -0.321 e. The molecule has 0 aliphatic rings. The highest BCUT2D eigenvalue weighted by molar-refractivity contribution is 9.10. The Morgan fingerprint density at radius 1 is 1.24 bits per heavy atom. The summed E-state index contributed by atoms with van der Waals surface area (Å²) in [7, 11) is 0. The van der Waals surface area contributed by atoms with E-state index >= 15 is 0 Å². The van der Waals surface area contributed by atoms with Crippen molar-refractivity contribution in [3.05, 3.63) is 16.4 Å². The van der Waals surface area contributed by atoms with E-state index in [2.05, 4.69) is 72.2 Å². The van der Waals surface area contributed by atoms with Gasteiger partial charge in [-0.15, -0.1) is 0 Å². The summed E-state index contributed by atoms with van der Waals surface area (Å²) in [5.41, 5.74) is 7.88. The van der Waals surface area contributed by atoms with E-state index in [0.29, 0.717) is 6.04 Å². The van der Waals surface area contributed by atoms with Crippen molar-refractivity contribution < 1.29 is 0 Å². The van der Waals surface area contributed by atoms with Crippen LogP contribution in [0.25, 0.3) is 0 Å². The molecule has 0 amide bonds. The second kappa shape index (κ2) is 7.75. The van der Waals surface area contributed by atoms with E-state index in [1.165, 1.54) is 0 Å². The molecule has 2 N–H and O–H groups in total. The Labute approximate surface area is 138 Å². The highest BCUT2D eigenvalue weighted by Crippen LogP contribution is 2.39. The third-order valence-electron chi connectivity index (χ3n) is 4.77. The lowest BCUT2D eigenvalue weighted by atomic mass is 9.81. The Morgan fingerprint density at radius 3 is 2.14 bits per heavy atom. The molecule has 0 saturated carbocycles. The van der Waals surface area contributed by atoms with Crippen LogP contribution in [0.3, 0.4) is 0 Å². The predicted octanol–water partition coefficient (Wildman–Crippen LogP) is 4.13. The molecule has 0 aromatic carbocycles. The molecule has 1 heterocycles. The van der Waals surface area contributed by atoms with Crippen molar-refractivity contribution in [2.45, 2.75) is 72.0 Å². The number of nitrogens with zero attached hydrogens (tertiary/aromatic N) is 3. The van der Waals surface area contributed by atoms with E-state index in [1.54, 1.807) is 0 Å². The van der Waals surface area contributed by atoms with Gasteiger partial charge in [-0.2, -0.15) is 5.10 Å². The van der Waals surface area contributed by atoms with Crippen molar-refractivity contribution in [2.75, 3.05) is 13.1 Å². The van der Waals surface area contributed by atoms with E-state index in [-0.39, 0.29) is 11.6 Å². The Morgan fingerprint density at radius 2 is 1.76 bits per heavy atom. The number of hydrogen-bond donors (Lipinski definition) is 1. The normalized spacial score (nSPS) is 14.2. The Bertz CT molecular complexity index is 433. The van der Waals surface area contributed by atoms with Gasteiger partial charge in [-0.1, -0.05) is 27.7 Å². The van der Waals surface area contributed by atoms with Crippen LogP contribution in [0.15, 0.2) is 10.7 Å². The van der Waals surface area contributed by atoms with Gasteiger partial charge in [0.05, 0.1) is 22.4 Å². The lowest BCUT2D eigenvalue weighted by Gasteiger charge is -2.46. The van der Waals surface area contributed by atoms with Gasteiger partial charge in [-0.25, -0.2) is 0 Å². The second-order valence-electron chi connectivity index (χ2n) is 5.88. The fourth-order valence-corrected chi connectivity index (χ4v) is 4.01. The molecule has 21 heavy (non-hydrogen) atoms. The molecule has 1 rings (SSSR count). The van der Waals surface area contributed by atoms with Crippen LogP contribution in [0, 0.1) is 0 Å². The second-order valence-corrected chi connectivity index (χ2v) is 6.73. The molecule has 0 spiro atoms. The fraction of sp³-hybridized carbons (Fsp3) is 0.812. The van der Waals surface area contributed by atoms with Crippen LogP contribution in [-0.4, -0.2) is 33.3 Å². The van der Waals surface area contributed by atoms with Crippen LogP contribution in [0.1, 0.15) is 72.2 Å². The van der Waals surface area contributed by atoms with E-state index < -0.39 is 0 Å². The van der Waals surface area contributed by atoms with Gasteiger partial charge in [0.1, 0.15) is 0 Å². The zero-order valence-corrected chi connectivity index (χ0v) is 15.9. The lowest BCUT2D eigenvalue weighted by Crippen LogP contribution is -2.55. The molecule has 0 radical (unpaired) electrons. The summed E-state index contributed by atoms with van der Waals surface area (Å²) >= 11 is 3.65. The summed E-state index contributed by atoms with van der Waals surface area (Å²) < 4.78 is 3.07. The van der Waals surface area contributed by atoms with E-state index in [4.69, 9.17) is 5.73 Å². The minimum atomic E-state index is -0.0633. The molecule has 0 saturated heterocycles. The Kier molecular flexibility index (Phi) is 6.88. The molecular formula is C16H31BrN4. The summed E-state index contributed by atoms with van der Waals surface area (Å²) in [5, 5.41) is 4.50. The van der Waals surface area contributed by atoms with Crippen molar-refractivity contribution in [3.8, 4) is 0 Å². The number of hydrogen-bond acceptors (Lipinski definition) is 3. The molecule has 1 aromatic rings. The highest BCUT2D eigenvalue weighted by atomic mass is 79.9. The maximum atomic E-state index is 6.80. The summed E-state index contributed by atoms with van der Waals surface area (Å²) in [6.45, 7) is 15.2. The standard InChI is InChI=1S/C16H31BrN4/c1-7-16(8-2,20(9-3)10-4)15(18)14-13(17)11-19-21(14)12(5)6/h11-12,15H,7-10,18H2,1-6H3. The van der Waals surface area contributed by atoms with Gasteiger partial charge >= 0.3 is 0 Å². The first-order chi connectivity index (χ1) is 9.89. The molecule has 1 unspecified atom stereocenters. The van der Waals surface area contributed by atoms with Crippen LogP contribution in [-0.2, 0) is 0 Å². The fourth-order valence-electron chi connectivity index (χ4n) is 3.49. The van der Waals surface area contributed by atoms with E-state index in [0.717, 1.165) is 36.1 Å². The van der Waals surface area contributed by atoms with Gasteiger partial charge in [0.15, 0.2) is 0 Å². The van der Waals surface area contributed by atoms with Crippen molar-refractivity contribution >= 4 is 15.9 Å². The molecule has 0 fully saturated rings. The van der Waals surface area contributed by atoms with Crippen LogP contribution >= 0.6 is 15.9 Å². The number of likely N-dealkylation sites (N-methyl/N-ethyl adjacent to an activating group) is 1. The quantitative estimate of drug-likeness (QED) is 0.759. The zero-order chi connectivity index (χ0) is 16.2. The van der Waals surface area contributed by atoms with Crippen LogP contribution in [0.2, 0.25) is 0 Å². The third kappa shape index (κ3) is 3.35.